The molecule has 0 spiro atoms. The molecule has 2 unspecified atom stereocenters. The average molecular weight is 731 g/mol. The lowest BCUT2D eigenvalue weighted by atomic mass is 10.1. The second-order valence-corrected chi connectivity index (χ2v) is 13.7. The van der Waals surface area contributed by atoms with Crippen molar-refractivity contribution in [1.29, 1.82) is 0 Å². The lowest BCUT2D eigenvalue weighted by Crippen LogP contribution is -2.47. The van der Waals surface area contributed by atoms with Crippen molar-refractivity contribution in [3.63, 3.8) is 0 Å². The fraction of sp³-hybridized carbons (Fsp3) is 0.721. The number of allylic oxidation sites excluding steroid dienone is 7. The van der Waals surface area contributed by atoms with Gasteiger partial charge in [0.05, 0.1) is 13.2 Å². The van der Waals surface area contributed by atoms with Crippen molar-refractivity contribution in [1.82, 2.24) is 10.6 Å². The van der Waals surface area contributed by atoms with Gasteiger partial charge in [-0.15, -0.1) is 0 Å². The third-order valence-corrected chi connectivity index (χ3v) is 8.76. The summed E-state index contributed by atoms with van der Waals surface area (Å²) in [4.78, 5) is 47.4. The Morgan fingerprint density at radius 2 is 1.13 bits per heavy atom. The Morgan fingerprint density at radius 3 is 1.73 bits per heavy atom. The Hall–Kier alpha value is -3.20. The monoisotopic (exact) mass is 731 g/mol. The van der Waals surface area contributed by atoms with Crippen molar-refractivity contribution in [2.75, 3.05) is 13.2 Å². The minimum absolute atomic E-state index is 0.136. The standard InChI is InChI=1S/C43H74N2O7/c1-3-5-7-9-11-12-13-14-15-16-17-18-19-20-21-22-23-25-31-35-42(49)52-38(32-28-24-10-8-6-4-2)33-29-26-27-30-34-40(47)44-36-41(48)45-39(37-46)43(50)51/h8,10-12,14-15,28,32,38-39,46H,3-7,9,13,16-27,29-31,33-37H2,1-2H3,(H,44,47)(H,45,48)(H,50,51)/b10-8-,12-11-,15-14-,32-28-. The van der Waals surface area contributed by atoms with Crippen LogP contribution in [0, 0.1) is 0 Å². The van der Waals surface area contributed by atoms with Gasteiger partial charge in [-0.2, -0.15) is 0 Å². The number of amides is 2. The van der Waals surface area contributed by atoms with Gasteiger partial charge in [0.2, 0.25) is 11.8 Å². The number of carbonyl (C=O) groups excluding carboxylic acids is 3. The number of hydrogen-bond donors (Lipinski definition) is 4. The summed E-state index contributed by atoms with van der Waals surface area (Å²) < 4.78 is 5.85. The topological polar surface area (TPSA) is 142 Å². The molecule has 0 aliphatic rings. The van der Waals surface area contributed by atoms with Crippen molar-refractivity contribution in [2.24, 2.45) is 0 Å². The maximum Gasteiger partial charge on any atom is 0.328 e. The van der Waals surface area contributed by atoms with E-state index in [0.717, 1.165) is 70.6 Å². The second-order valence-electron chi connectivity index (χ2n) is 13.7. The number of rotatable bonds is 36. The van der Waals surface area contributed by atoms with Gasteiger partial charge in [0, 0.05) is 12.8 Å². The van der Waals surface area contributed by atoms with Crippen LogP contribution in [0.3, 0.4) is 0 Å². The van der Waals surface area contributed by atoms with Gasteiger partial charge in [0.1, 0.15) is 12.1 Å². The van der Waals surface area contributed by atoms with Gasteiger partial charge in [-0.05, 0) is 76.7 Å². The molecule has 0 aliphatic carbocycles. The predicted octanol–water partition coefficient (Wildman–Crippen LogP) is 9.59. The van der Waals surface area contributed by atoms with Gasteiger partial charge >= 0.3 is 11.9 Å². The number of nitrogens with one attached hydrogen (secondary N) is 2. The highest BCUT2D eigenvalue weighted by atomic mass is 16.5. The number of ether oxygens (including phenoxy) is 1. The van der Waals surface area contributed by atoms with Crippen LogP contribution in [0.25, 0.3) is 0 Å². The summed E-state index contributed by atoms with van der Waals surface area (Å²) in [7, 11) is 0. The Kier molecular flexibility index (Phi) is 35.2. The Bertz CT molecular complexity index is 1020. The first-order valence-electron chi connectivity index (χ1n) is 20.5. The summed E-state index contributed by atoms with van der Waals surface area (Å²) in [5, 5.41) is 22.5. The summed E-state index contributed by atoms with van der Waals surface area (Å²) in [6.07, 6.45) is 43.1. The number of unbranched alkanes of at least 4 members (excludes halogenated alkanes) is 16. The van der Waals surface area contributed by atoms with Gasteiger partial charge in [0.15, 0.2) is 0 Å². The molecule has 0 saturated heterocycles. The normalized spacial score (nSPS) is 13.0. The SMILES string of the molecule is CCC/C=C\C/C=C\C(CCCCCCC(=O)NCC(=O)NC(CO)C(=O)O)OC(=O)CCCCCCCCCCC/C=C\C/C=C\CCCCC. The molecule has 52 heavy (non-hydrogen) atoms. The van der Waals surface area contributed by atoms with Gasteiger partial charge in [0.25, 0.3) is 0 Å². The van der Waals surface area contributed by atoms with Crippen LogP contribution < -0.4 is 10.6 Å². The van der Waals surface area contributed by atoms with Crippen molar-refractivity contribution >= 4 is 23.8 Å². The molecule has 0 bridgehead atoms. The molecule has 0 aromatic rings. The number of aliphatic hydroxyl groups excluding tert-OH is 1. The summed E-state index contributed by atoms with van der Waals surface area (Å²) >= 11 is 0. The summed E-state index contributed by atoms with van der Waals surface area (Å²) in [6.45, 7) is 3.33. The summed E-state index contributed by atoms with van der Waals surface area (Å²) in [5.74, 6) is -2.44. The van der Waals surface area contributed by atoms with Crippen molar-refractivity contribution in [3.05, 3.63) is 48.6 Å². The zero-order chi connectivity index (χ0) is 38.3. The van der Waals surface area contributed by atoms with E-state index in [1.54, 1.807) is 0 Å². The zero-order valence-corrected chi connectivity index (χ0v) is 32.8. The molecule has 4 N–H and O–H groups in total. The molecule has 0 aliphatic heterocycles. The smallest absolute Gasteiger partial charge is 0.328 e. The average Bonchev–Trinajstić information content (AvgIpc) is 3.13. The first-order valence-corrected chi connectivity index (χ1v) is 20.5. The molecular weight excluding hydrogens is 656 g/mol. The van der Waals surface area contributed by atoms with Crippen molar-refractivity contribution in [3.8, 4) is 0 Å². The van der Waals surface area contributed by atoms with E-state index >= 15 is 0 Å². The molecule has 0 radical (unpaired) electrons. The van der Waals surface area contributed by atoms with Crippen LogP contribution in [0.2, 0.25) is 0 Å². The van der Waals surface area contributed by atoms with Gasteiger partial charge in [-0.3, -0.25) is 14.4 Å². The van der Waals surface area contributed by atoms with Crippen LogP contribution >= 0.6 is 0 Å². The van der Waals surface area contributed by atoms with Crippen LogP contribution in [0.5, 0.6) is 0 Å². The maximum atomic E-state index is 12.6. The van der Waals surface area contributed by atoms with Crippen molar-refractivity contribution in [2.45, 2.75) is 187 Å². The largest absolute Gasteiger partial charge is 0.480 e. The first kappa shape index (κ1) is 48.8. The van der Waals surface area contributed by atoms with E-state index in [2.05, 4.69) is 67.0 Å². The van der Waals surface area contributed by atoms with E-state index in [-0.39, 0.29) is 30.9 Å². The van der Waals surface area contributed by atoms with Gasteiger partial charge < -0.3 is 25.6 Å². The molecule has 0 aromatic heterocycles. The fourth-order valence-corrected chi connectivity index (χ4v) is 5.58. The van der Waals surface area contributed by atoms with E-state index in [1.165, 1.54) is 70.6 Å². The molecule has 2 atom stereocenters. The molecule has 0 aromatic carbocycles. The highest BCUT2D eigenvalue weighted by Crippen LogP contribution is 2.15. The van der Waals surface area contributed by atoms with Crippen molar-refractivity contribution < 1.29 is 34.1 Å². The summed E-state index contributed by atoms with van der Waals surface area (Å²) in [6, 6.07) is -1.39. The third kappa shape index (κ3) is 33.9. The van der Waals surface area contributed by atoms with E-state index in [4.69, 9.17) is 14.9 Å². The molecule has 0 rings (SSSR count). The molecule has 9 heteroatoms. The van der Waals surface area contributed by atoms with Crippen LogP contribution in [-0.4, -0.2) is 59.3 Å². The predicted molar refractivity (Wildman–Crippen MR) is 213 cm³/mol. The minimum Gasteiger partial charge on any atom is -0.480 e. The van der Waals surface area contributed by atoms with Gasteiger partial charge in [-0.1, -0.05) is 133 Å². The quantitative estimate of drug-likeness (QED) is 0.0286. The molecule has 0 fully saturated rings. The summed E-state index contributed by atoms with van der Waals surface area (Å²) in [5.41, 5.74) is 0. The zero-order valence-electron chi connectivity index (χ0n) is 32.8. The number of carboxylic acids is 1. The first-order chi connectivity index (χ1) is 25.3. The van der Waals surface area contributed by atoms with E-state index in [0.29, 0.717) is 12.8 Å². The Morgan fingerprint density at radius 1 is 0.596 bits per heavy atom. The number of esters is 1. The second kappa shape index (κ2) is 37.6. The molecule has 2 amide bonds. The van der Waals surface area contributed by atoms with E-state index in [1.807, 2.05) is 6.08 Å². The Balaban J connectivity index is 4.14. The Labute approximate surface area is 316 Å². The lowest BCUT2D eigenvalue weighted by Gasteiger charge is -2.15. The molecule has 298 valence electrons. The molecule has 0 saturated carbocycles. The van der Waals surface area contributed by atoms with Crippen LogP contribution in [-0.2, 0) is 23.9 Å². The van der Waals surface area contributed by atoms with Crippen LogP contribution in [0.1, 0.15) is 174 Å². The number of carbonyl (C=O) groups is 4. The lowest BCUT2D eigenvalue weighted by molar-refractivity contribution is -0.147. The highest BCUT2D eigenvalue weighted by molar-refractivity contribution is 5.87. The molecule has 0 heterocycles. The number of hydrogen-bond acceptors (Lipinski definition) is 6. The molecule has 9 nitrogen and oxygen atoms in total. The number of aliphatic carboxylic acids is 1. The van der Waals surface area contributed by atoms with Gasteiger partial charge in [-0.25, -0.2) is 4.79 Å². The van der Waals surface area contributed by atoms with Crippen LogP contribution in [0.15, 0.2) is 48.6 Å². The number of aliphatic hydroxyl groups is 1. The fourth-order valence-electron chi connectivity index (χ4n) is 5.58. The minimum atomic E-state index is -1.39. The highest BCUT2D eigenvalue weighted by Gasteiger charge is 2.18. The maximum absolute atomic E-state index is 12.6. The van der Waals surface area contributed by atoms with E-state index < -0.39 is 24.5 Å². The number of carboxylic acid groups (broad SMARTS) is 1. The van der Waals surface area contributed by atoms with Crippen LogP contribution in [0.4, 0.5) is 0 Å². The molecular formula is C43H74N2O7. The van der Waals surface area contributed by atoms with E-state index in [9.17, 15) is 19.2 Å². The third-order valence-electron chi connectivity index (χ3n) is 8.76.